The predicted molar refractivity (Wildman–Crippen MR) is 105 cm³/mol. The number of hydrogen-bond acceptors (Lipinski definition) is 4. The van der Waals surface area contributed by atoms with Crippen LogP contribution in [0.1, 0.15) is 23.5 Å². The number of nitrogens with zero attached hydrogens (tertiary/aromatic N) is 1. The number of fused-ring (bicyclic) bond motifs is 1. The number of benzene rings is 2. The summed E-state index contributed by atoms with van der Waals surface area (Å²) in [6.45, 7) is 2.42. The number of hydrogen-bond donors (Lipinski definition) is 1. The molecule has 1 aliphatic carbocycles. The fraction of sp³-hybridized carbons (Fsp3) is 0.318. The molecule has 4 heteroatoms. The molecule has 1 aliphatic heterocycles. The maximum absolute atomic E-state index is 13.1. The van der Waals surface area contributed by atoms with E-state index < -0.39 is 0 Å². The average molecular weight is 348 g/mol. The number of anilines is 1. The van der Waals surface area contributed by atoms with E-state index in [1.807, 2.05) is 30.3 Å². The van der Waals surface area contributed by atoms with Crippen molar-refractivity contribution in [2.24, 2.45) is 0 Å². The lowest BCUT2D eigenvalue weighted by Gasteiger charge is -2.37. The van der Waals surface area contributed by atoms with E-state index in [2.05, 4.69) is 40.6 Å². The Morgan fingerprint density at radius 2 is 2.00 bits per heavy atom. The van der Waals surface area contributed by atoms with Crippen molar-refractivity contribution >= 4 is 17.5 Å². The largest absolute Gasteiger partial charge is 0.497 e. The molecule has 1 heterocycles. The van der Waals surface area contributed by atoms with Crippen LogP contribution < -0.4 is 15.0 Å². The van der Waals surface area contributed by atoms with Crippen molar-refractivity contribution < 1.29 is 9.53 Å². The first kappa shape index (κ1) is 16.9. The summed E-state index contributed by atoms with van der Waals surface area (Å²) >= 11 is 0. The molecule has 2 unspecified atom stereocenters. The van der Waals surface area contributed by atoms with E-state index in [1.54, 1.807) is 7.11 Å². The van der Waals surface area contributed by atoms with Crippen molar-refractivity contribution in [2.75, 3.05) is 31.6 Å². The molecule has 1 N–H and O–H groups in total. The summed E-state index contributed by atoms with van der Waals surface area (Å²) in [5, 5.41) is 3.38. The number of Topliss-reactive ketones (excluding diaryl/α,β-unsaturated/α-hetero) is 1. The van der Waals surface area contributed by atoms with Crippen LogP contribution in [0, 0.1) is 0 Å². The van der Waals surface area contributed by atoms with Crippen molar-refractivity contribution in [2.45, 2.75) is 18.4 Å². The summed E-state index contributed by atoms with van der Waals surface area (Å²) in [5.74, 6) is 1.32. The third-order valence-corrected chi connectivity index (χ3v) is 5.34. The maximum atomic E-state index is 13.1. The molecule has 134 valence electrons. The van der Waals surface area contributed by atoms with Crippen LogP contribution in [-0.2, 0) is 4.79 Å². The normalized spacial score (nSPS) is 21.5. The summed E-state index contributed by atoms with van der Waals surface area (Å²) in [4.78, 5) is 15.4. The van der Waals surface area contributed by atoms with Crippen LogP contribution in [0.25, 0.3) is 6.08 Å². The van der Waals surface area contributed by atoms with Gasteiger partial charge in [-0.05, 0) is 35.4 Å². The Kier molecular flexibility index (Phi) is 4.76. The van der Waals surface area contributed by atoms with Crippen LogP contribution in [0.5, 0.6) is 5.75 Å². The molecular formula is C22H24N2O2. The van der Waals surface area contributed by atoms with Crippen molar-refractivity contribution in [1.82, 2.24) is 5.32 Å². The van der Waals surface area contributed by atoms with Gasteiger partial charge in [0, 0.05) is 37.7 Å². The second-order valence-electron chi connectivity index (χ2n) is 6.88. The number of carbonyl (C=O) groups is 1. The Bertz CT molecular complexity index is 813. The highest BCUT2D eigenvalue weighted by atomic mass is 16.5. The molecule has 2 aromatic carbocycles. The smallest absolute Gasteiger partial charge is 0.157 e. The molecule has 2 aromatic rings. The van der Waals surface area contributed by atoms with E-state index in [0.717, 1.165) is 24.5 Å². The Balaban J connectivity index is 1.51. The average Bonchev–Trinajstić information content (AvgIpc) is 3.11. The van der Waals surface area contributed by atoms with Gasteiger partial charge in [-0.25, -0.2) is 0 Å². The Morgan fingerprint density at radius 3 is 2.81 bits per heavy atom. The highest BCUT2D eigenvalue weighted by Crippen LogP contribution is 2.33. The van der Waals surface area contributed by atoms with E-state index in [1.165, 1.54) is 11.1 Å². The lowest BCUT2D eigenvalue weighted by molar-refractivity contribution is -0.120. The molecule has 0 radical (unpaired) electrons. The maximum Gasteiger partial charge on any atom is 0.157 e. The van der Waals surface area contributed by atoms with Gasteiger partial charge < -0.3 is 15.0 Å². The highest BCUT2D eigenvalue weighted by Gasteiger charge is 2.31. The number of nitrogens with one attached hydrogen (secondary N) is 1. The molecule has 0 amide bonds. The third-order valence-electron chi connectivity index (χ3n) is 5.34. The second-order valence-corrected chi connectivity index (χ2v) is 6.88. The second kappa shape index (κ2) is 7.34. The minimum Gasteiger partial charge on any atom is -0.497 e. The Labute approximate surface area is 154 Å². The van der Waals surface area contributed by atoms with Gasteiger partial charge >= 0.3 is 0 Å². The number of ether oxygens (including phenoxy) is 1. The molecule has 2 atom stereocenters. The number of rotatable bonds is 5. The lowest BCUT2D eigenvalue weighted by Crippen LogP contribution is -2.55. The summed E-state index contributed by atoms with van der Waals surface area (Å²) < 4.78 is 5.25. The van der Waals surface area contributed by atoms with E-state index in [9.17, 15) is 4.79 Å². The van der Waals surface area contributed by atoms with E-state index in [4.69, 9.17) is 4.74 Å². The number of allylic oxidation sites excluding steroid dienone is 1. The summed E-state index contributed by atoms with van der Waals surface area (Å²) in [7, 11) is 1.67. The molecule has 4 nitrogen and oxygen atoms in total. The minimum atomic E-state index is -0.127. The minimum absolute atomic E-state index is 0.127. The van der Waals surface area contributed by atoms with Crippen LogP contribution in [0.3, 0.4) is 0 Å². The monoisotopic (exact) mass is 348 g/mol. The number of methoxy groups -OCH3 is 1. The zero-order valence-corrected chi connectivity index (χ0v) is 15.0. The quantitative estimate of drug-likeness (QED) is 0.901. The van der Waals surface area contributed by atoms with Gasteiger partial charge in [0.2, 0.25) is 0 Å². The van der Waals surface area contributed by atoms with Gasteiger partial charge in [-0.15, -0.1) is 0 Å². The first-order valence-electron chi connectivity index (χ1n) is 9.17. The van der Waals surface area contributed by atoms with Crippen LogP contribution in [0.2, 0.25) is 0 Å². The summed E-state index contributed by atoms with van der Waals surface area (Å²) in [5.41, 5.74) is 3.58. The summed E-state index contributed by atoms with van der Waals surface area (Å²) in [6.07, 6.45) is 4.84. The van der Waals surface area contributed by atoms with Crippen LogP contribution >= 0.6 is 0 Å². The van der Waals surface area contributed by atoms with E-state index in [-0.39, 0.29) is 12.0 Å². The van der Waals surface area contributed by atoms with E-state index in [0.29, 0.717) is 18.7 Å². The van der Waals surface area contributed by atoms with Crippen molar-refractivity contribution in [3.8, 4) is 5.75 Å². The molecule has 0 aromatic heterocycles. The highest BCUT2D eigenvalue weighted by molar-refractivity contribution is 5.89. The molecule has 0 spiro atoms. The number of carbonyl (C=O) groups excluding carboxylic acids is 1. The van der Waals surface area contributed by atoms with Crippen molar-refractivity contribution in [1.29, 1.82) is 0 Å². The van der Waals surface area contributed by atoms with Crippen molar-refractivity contribution in [3.05, 3.63) is 65.7 Å². The standard InChI is InChI=1S/C22H24N2O2/c1-26-19-10-8-18(9-11-19)24-13-12-23-15-21(24)22(25)14-17-7-6-16-4-2-3-5-20(16)17/h2-11,17,21,23H,12-15H2,1H3. The van der Waals surface area contributed by atoms with Gasteiger partial charge in [-0.1, -0.05) is 36.4 Å². The molecule has 26 heavy (non-hydrogen) atoms. The molecule has 2 aliphatic rings. The molecule has 0 bridgehead atoms. The zero-order valence-electron chi connectivity index (χ0n) is 15.0. The van der Waals surface area contributed by atoms with Gasteiger partial charge in [0.15, 0.2) is 5.78 Å². The first-order valence-corrected chi connectivity index (χ1v) is 9.17. The first-order chi connectivity index (χ1) is 12.8. The van der Waals surface area contributed by atoms with Crippen molar-refractivity contribution in [3.63, 3.8) is 0 Å². The topological polar surface area (TPSA) is 41.6 Å². The molecule has 4 rings (SSSR count). The predicted octanol–water partition coefficient (Wildman–Crippen LogP) is 3.24. The summed E-state index contributed by atoms with van der Waals surface area (Å²) in [6, 6.07) is 16.2. The number of ketones is 1. The molecule has 1 saturated heterocycles. The van der Waals surface area contributed by atoms with Gasteiger partial charge in [0.25, 0.3) is 0 Å². The molecular weight excluding hydrogens is 324 g/mol. The lowest BCUT2D eigenvalue weighted by atomic mass is 9.92. The van der Waals surface area contributed by atoms with Gasteiger partial charge in [-0.3, -0.25) is 4.79 Å². The molecule has 1 fully saturated rings. The zero-order chi connectivity index (χ0) is 17.9. The van der Waals surface area contributed by atoms with Crippen LogP contribution in [-0.4, -0.2) is 38.6 Å². The fourth-order valence-electron chi connectivity index (χ4n) is 3.93. The van der Waals surface area contributed by atoms with Gasteiger partial charge in [0.05, 0.1) is 7.11 Å². The van der Waals surface area contributed by atoms with Crippen LogP contribution in [0.4, 0.5) is 5.69 Å². The Morgan fingerprint density at radius 1 is 1.19 bits per heavy atom. The van der Waals surface area contributed by atoms with Crippen LogP contribution in [0.15, 0.2) is 54.6 Å². The van der Waals surface area contributed by atoms with Gasteiger partial charge in [-0.2, -0.15) is 0 Å². The van der Waals surface area contributed by atoms with Gasteiger partial charge in [0.1, 0.15) is 11.8 Å². The van der Waals surface area contributed by atoms with E-state index >= 15 is 0 Å². The number of piperazine rings is 1. The Hall–Kier alpha value is -2.59. The SMILES string of the molecule is COc1ccc(N2CCNCC2C(=O)CC2C=Cc3ccccc32)cc1. The fourth-order valence-corrected chi connectivity index (χ4v) is 3.93. The third kappa shape index (κ3) is 3.25. The molecule has 0 saturated carbocycles.